The quantitative estimate of drug-likeness (QED) is 0.787. The Morgan fingerprint density at radius 2 is 1.69 bits per heavy atom. The number of hydrogen-bond donors (Lipinski definition) is 1. The van der Waals surface area contributed by atoms with Crippen molar-refractivity contribution in [1.82, 2.24) is 0 Å². The smallest absolute Gasteiger partial charge is 0.0355 e. The lowest BCUT2D eigenvalue weighted by molar-refractivity contribution is 1.33. The normalized spacial score (nSPS) is 10.4. The fourth-order valence-corrected chi connectivity index (χ4v) is 2.48. The fourth-order valence-electron chi connectivity index (χ4n) is 1.50. The maximum absolute atomic E-state index is 5.89. The molecule has 0 bridgehead atoms. The molecule has 0 saturated carbocycles. The van der Waals surface area contributed by atoms with Gasteiger partial charge in [0.2, 0.25) is 0 Å². The van der Waals surface area contributed by atoms with Crippen LogP contribution in [0.2, 0.25) is 0 Å². The third kappa shape index (κ3) is 2.58. The van der Waals surface area contributed by atoms with Crippen molar-refractivity contribution in [2.24, 2.45) is 0 Å². The zero-order chi connectivity index (χ0) is 11.5. The molecule has 2 aromatic rings. The molecule has 2 rings (SSSR count). The Bertz CT molecular complexity index is 506. The van der Waals surface area contributed by atoms with Gasteiger partial charge in [0.15, 0.2) is 0 Å². The van der Waals surface area contributed by atoms with Gasteiger partial charge < -0.3 is 5.73 Å². The molecule has 0 heterocycles. The molecule has 0 atom stereocenters. The minimum atomic E-state index is 0.859. The van der Waals surface area contributed by atoms with Gasteiger partial charge >= 0.3 is 0 Å². The van der Waals surface area contributed by atoms with E-state index in [4.69, 9.17) is 5.73 Å². The zero-order valence-electron chi connectivity index (χ0n) is 9.53. The van der Waals surface area contributed by atoms with E-state index in [-0.39, 0.29) is 0 Å². The summed E-state index contributed by atoms with van der Waals surface area (Å²) in [5.41, 5.74) is 9.17. The highest BCUT2D eigenvalue weighted by atomic mass is 32.2. The van der Waals surface area contributed by atoms with Crippen molar-refractivity contribution < 1.29 is 0 Å². The molecule has 0 aliphatic rings. The molecule has 1 nitrogen and oxygen atoms in total. The number of nitrogen functional groups attached to an aromatic ring is 1. The summed E-state index contributed by atoms with van der Waals surface area (Å²) < 4.78 is 0. The highest BCUT2D eigenvalue weighted by molar-refractivity contribution is 7.99. The molecule has 0 aliphatic carbocycles. The summed E-state index contributed by atoms with van der Waals surface area (Å²) in [6.07, 6.45) is 0. The number of hydrogen-bond acceptors (Lipinski definition) is 2. The molecular formula is C14H15NS. The lowest BCUT2D eigenvalue weighted by Crippen LogP contribution is -1.88. The van der Waals surface area contributed by atoms with E-state index in [1.54, 1.807) is 11.8 Å². The van der Waals surface area contributed by atoms with E-state index in [9.17, 15) is 0 Å². The first-order chi connectivity index (χ1) is 7.65. The second-order valence-electron chi connectivity index (χ2n) is 3.94. The monoisotopic (exact) mass is 229 g/mol. The van der Waals surface area contributed by atoms with Gasteiger partial charge in [0.05, 0.1) is 0 Å². The Morgan fingerprint density at radius 3 is 2.38 bits per heavy atom. The van der Waals surface area contributed by atoms with E-state index in [1.807, 2.05) is 13.0 Å². The number of aryl methyl sites for hydroxylation is 2. The van der Waals surface area contributed by atoms with E-state index in [0.29, 0.717) is 0 Å². The van der Waals surface area contributed by atoms with Crippen molar-refractivity contribution in [3.05, 3.63) is 53.6 Å². The van der Waals surface area contributed by atoms with Gasteiger partial charge in [0.1, 0.15) is 0 Å². The van der Waals surface area contributed by atoms with Crippen molar-refractivity contribution in [3.8, 4) is 0 Å². The summed E-state index contributed by atoms with van der Waals surface area (Å²) in [5.74, 6) is 0. The summed E-state index contributed by atoms with van der Waals surface area (Å²) >= 11 is 1.74. The Morgan fingerprint density at radius 1 is 0.938 bits per heavy atom. The van der Waals surface area contributed by atoms with E-state index in [2.05, 4.69) is 43.3 Å². The standard InChI is InChI=1S/C14H15NS/c1-10-4-3-5-12(8-10)16-13-7-6-11(2)14(15)9-13/h3-9H,15H2,1-2H3. The van der Waals surface area contributed by atoms with Gasteiger partial charge in [-0.15, -0.1) is 0 Å². The highest BCUT2D eigenvalue weighted by Crippen LogP contribution is 2.30. The first-order valence-electron chi connectivity index (χ1n) is 5.26. The Hall–Kier alpha value is -1.41. The Labute approximate surface area is 101 Å². The molecule has 0 radical (unpaired) electrons. The summed E-state index contributed by atoms with van der Waals surface area (Å²) in [5, 5.41) is 0. The topological polar surface area (TPSA) is 26.0 Å². The Kier molecular flexibility index (Phi) is 3.20. The summed E-state index contributed by atoms with van der Waals surface area (Å²) in [6.45, 7) is 4.13. The molecule has 2 aromatic carbocycles. The van der Waals surface area contributed by atoms with Crippen LogP contribution in [-0.2, 0) is 0 Å². The van der Waals surface area contributed by atoms with Gasteiger partial charge in [-0.2, -0.15) is 0 Å². The number of benzene rings is 2. The minimum absolute atomic E-state index is 0.859. The molecule has 2 heteroatoms. The fraction of sp³-hybridized carbons (Fsp3) is 0.143. The van der Waals surface area contributed by atoms with Crippen molar-refractivity contribution in [1.29, 1.82) is 0 Å². The van der Waals surface area contributed by atoms with E-state index in [0.717, 1.165) is 11.3 Å². The van der Waals surface area contributed by atoms with E-state index >= 15 is 0 Å². The molecule has 0 amide bonds. The van der Waals surface area contributed by atoms with Crippen LogP contribution < -0.4 is 5.73 Å². The third-order valence-electron chi connectivity index (χ3n) is 2.48. The van der Waals surface area contributed by atoms with Crippen LogP contribution in [0.15, 0.2) is 52.3 Å². The first kappa shape index (κ1) is 11.1. The molecule has 0 unspecified atom stereocenters. The van der Waals surface area contributed by atoms with E-state index < -0.39 is 0 Å². The summed E-state index contributed by atoms with van der Waals surface area (Å²) in [6, 6.07) is 14.7. The molecule has 2 N–H and O–H groups in total. The minimum Gasteiger partial charge on any atom is -0.398 e. The molecule has 0 spiro atoms. The number of nitrogens with two attached hydrogens (primary N) is 1. The second kappa shape index (κ2) is 4.62. The molecular weight excluding hydrogens is 214 g/mol. The highest BCUT2D eigenvalue weighted by Gasteiger charge is 2.00. The van der Waals surface area contributed by atoms with Gasteiger partial charge in [0.25, 0.3) is 0 Å². The predicted octanol–water partition coefficient (Wildman–Crippen LogP) is 4.04. The van der Waals surface area contributed by atoms with Crippen LogP contribution in [0.3, 0.4) is 0 Å². The predicted molar refractivity (Wildman–Crippen MR) is 70.9 cm³/mol. The van der Waals surface area contributed by atoms with Crippen molar-refractivity contribution in [3.63, 3.8) is 0 Å². The first-order valence-corrected chi connectivity index (χ1v) is 6.07. The molecule has 0 aliphatic heterocycles. The average molecular weight is 229 g/mol. The Balaban J connectivity index is 2.24. The average Bonchev–Trinajstić information content (AvgIpc) is 2.24. The van der Waals surface area contributed by atoms with Crippen LogP contribution in [0.5, 0.6) is 0 Å². The van der Waals surface area contributed by atoms with Crippen molar-refractivity contribution in [2.75, 3.05) is 5.73 Å². The zero-order valence-corrected chi connectivity index (χ0v) is 10.3. The van der Waals surface area contributed by atoms with Crippen molar-refractivity contribution in [2.45, 2.75) is 23.6 Å². The third-order valence-corrected chi connectivity index (χ3v) is 3.46. The molecule has 0 aromatic heterocycles. The van der Waals surface area contributed by atoms with Crippen LogP contribution in [-0.4, -0.2) is 0 Å². The van der Waals surface area contributed by atoms with Gasteiger partial charge in [-0.3, -0.25) is 0 Å². The number of anilines is 1. The molecule has 0 saturated heterocycles. The maximum Gasteiger partial charge on any atom is 0.0355 e. The molecule has 82 valence electrons. The summed E-state index contributed by atoms with van der Waals surface area (Å²) in [4.78, 5) is 2.44. The molecule has 16 heavy (non-hydrogen) atoms. The van der Waals surface area contributed by atoms with Crippen LogP contribution in [0.1, 0.15) is 11.1 Å². The van der Waals surface area contributed by atoms with Gasteiger partial charge in [-0.25, -0.2) is 0 Å². The van der Waals surface area contributed by atoms with Crippen LogP contribution >= 0.6 is 11.8 Å². The lowest BCUT2D eigenvalue weighted by atomic mass is 10.2. The maximum atomic E-state index is 5.89. The summed E-state index contributed by atoms with van der Waals surface area (Å²) in [7, 11) is 0. The van der Waals surface area contributed by atoms with Crippen molar-refractivity contribution >= 4 is 17.4 Å². The van der Waals surface area contributed by atoms with Gasteiger partial charge in [0, 0.05) is 15.5 Å². The van der Waals surface area contributed by atoms with Crippen LogP contribution in [0.25, 0.3) is 0 Å². The number of rotatable bonds is 2. The SMILES string of the molecule is Cc1cccc(Sc2ccc(C)c(N)c2)c1. The lowest BCUT2D eigenvalue weighted by Gasteiger charge is -2.05. The van der Waals surface area contributed by atoms with Gasteiger partial charge in [-0.05, 0) is 43.7 Å². The second-order valence-corrected chi connectivity index (χ2v) is 5.08. The van der Waals surface area contributed by atoms with Crippen LogP contribution in [0.4, 0.5) is 5.69 Å². The van der Waals surface area contributed by atoms with E-state index in [1.165, 1.54) is 15.4 Å². The molecule has 0 fully saturated rings. The van der Waals surface area contributed by atoms with Gasteiger partial charge in [-0.1, -0.05) is 35.5 Å². The largest absolute Gasteiger partial charge is 0.398 e. The van der Waals surface area contributed by atoms with Crippen LogP contribution in [0, 0.1) is 13.8 Å².